The van der Waals surface area contributed by atoms with Crippen molar-refractivity contribution in [3.05, 3.63) is 48.0 Å². The van der Waals surface area contributed by atoms with E-state index in [1.807, 2.05) is 0 Å². The van der Waals surface area contributed by atoms with Crippen LogP contribution in [0.5, 0.6) is 0 Å². The first-order valence-electron chi connectivity index (χ1n) is 9.26. The summed E-state index contributed by atoms with van der Waals surface area (Å²) in [6, 6.07) is 16.1. The molecule has 0 saturated carbocycles. The lowest BCUT2D eigenvalue weighted by atomic mass is 10.0. The minimum absolute atomic E-state index is 0.791. The average Bonchev–Trinajstić information content (AvgIpc) is 2.59. The van der Waals surface area contributed by atoms with Crippen molar-refractivity contribution in [1.29, 1.82) is 0 Å². The fraction of sp³-hybridized carbons (Fsp3) is 0.524. The Morgan fingerprint density at radius 3 is 2.83 bits per heavy atom. The van der Waals surface area contributed by atoms with Gasteiger partial charge in [0.15, 0.2) is 0 Å². The molecule has 0 radical (unpaired) electrons. The number of rotatable bonds is 7. The molecule has 1 N–H and O–H groups in total. The molecule has 1 heterocycles. The van der Waals surface area contributed by atoms with Crippen molar-refractivity contribution in [3.8, 4) is 0 Å². The molecule has 1 aliphatic rings. The van der Waals surface area contributed by atoms with Gasteiger partial charge in [0, 0.05) is 6.04 Å². The van der Waals surface area contributed by atoms with Gasteiger partial charge in [0.25, 0.3) is 0 Å². The molecule has 0 amide bonds. The van der Waals surface area contributed by atoms with E-state index in [1.54, 1.807) is 0 Å². The summed E-state index contributed by atoms with van der Waals surface area (Å²) < 4.78 is 0. The van der Waals surface area contributed by atoms with Crippen LogP contribution < -0.4 is 5.32 Å². The average molecular weight is 310 g/mol. The molecule has 0 aliphatic carbocycles. The first kappa shape index (κ1) is 16.5. The van der Waals surface area contributed by atoms with Crippen LogP contribution in [0.1, 0.15) is 38.2 Å². The number of nitrogens with one attached hydrogen (secondary N) is 1. The smallest absolute Gasteiger partial charge is 0.00669 e. The van der Waals surface area contributed by atoms with Crippen LogP contribution in [-0.4, -0.2) is 37.1 Å². The maximum atomic E-state index is 3.63. The highest BCUT2D eigenvalue weighted by Gasteiger charge is 2.16. The standard InChI is InChI=1S/C21H30N2/c1-18-8-4-5-16-23(18)17-7-14-22-15-13-20-11-6-10-19-9-2-3-12-21(19)20/h2-3,6,9-12,18,22H,4-5,7-8,13-17H2,1H3. The predicted molar refractivity (Wildman–Crippen MR) is 100 cm³/mol. The second kappa shape index (κ2) is 8.47. The van der Waals surface area contributed by atoms with E-state index in [0.29, 0.717) is 0 Å². The summed E-state index contributed by atoms with van der Waals surface area (Å²) in [6.45, 7) is 7.14. The quantitative estimate of drug-likeness (QED) is 0.770. The van der Waals surface area contributed by atoms with Crippen LogP contribution in [0.3, 0.4) is 0 Å². The largest absolute Gasteiger partial charge is 0.316 e. The Bertz CT molecular complexity index is 602. The summed E-state index contributed by atoms with van der Waals surface area (Å²) in [4.78, 5) is 2.66. The number of hydrogen-bond donors (Lipinski definition) is 1. The molecule has 1 fully saturated rings. The molecule has 1 atom stereocenters. The lowest BCUT2D eigenvalue weighted by Crippen LogP contribution is -2.39. The normalized spacial score (nSPS) is 19.3. The highest BCUT2D eigenvalue weighted by molar-refractivity contribution is 5.85. The minimum atomic E-state index is 0.791. The van der Waals surface area contributed by atoms with Gasteiger partial charge in [-0.25, -0.2) is 0 Å². The van der Waals surface area contributed by atoms with Crippen LogP contribution in [0, 0.1) is 0 Å². The SMILES string of the molecule is CC1CCCCN1CCCNCCc1cccc2ccccc12. The molecule has 124 valence electrons. The highest BCUT2D eigenvalue weighted by Crippen LogP contribution is 2.18. The molecule has 0 aromatic heterocycles. The van der Waals surface area contributed by atoms with Gasteiger partial charge in [0.05, 0.1) is 0 Å². The Hall–Kier alpha value is -1.38. The van der Waals surface area contributed by atoms with Crippen LogP contribution in [0.15, 0.2) is 42.5 Å². The Kier molecular flexibility index (Phi) is 6.06. The summed E-state index contributed by atoms with van der Waals surface area (Å²) in [5.41, 5.74) is 1.46. The number of piperidine rings is 1. The van der Waals surface area contributed by atoms with Crippen LogP contribution in [-0.2, 0) is 6.42 Å². The number of fused-ring (bicyclic) bond motifs is 1. The summed E-state index contributed by atoms with van der Waals surface area (Å²) in [5, 5.41) is 6.38. The third-order valence-electron chi connectivity index (χ3n) is 5.19. The lowest BCUT2D eigenvalue weighted by Gasteiger charge is -2.33. The summed E-state index contributed by atoms with van der Waals surface area (Å²) in [7, 11) is 0. The maximum Gasteiger partial charge on any atom is 0.00669 e. The second-order valence-electron chi connectivity index (χ2n) is 6.87. The number of benzene rings is 2. The molecule has 2 aromatic rings. The predicted octanol–water partition coefficient (Wildman–Crippen LogP) is 4.24. The van der Waals surface area contributed by atoms with Gasteiger partial charge in [-0.3, -0.25) is 0 Å². The van der Waals surface area contributed by atoms with Gasteiger partial charge in [-0.1, -0.05) is 48.9 Å². The van der Waals surface area contributed by atoms with Crippen molar-refractivity contribution in [2.24, 2.45) is 0 Å². The van der Waals surface area contributed by atoms with Crippen LogP contribution in [0.4, 0.5) is 0 Å². The summed E-state index contributed by atoms with van der Waals surface area (Å²) in [5.74, 6) is 0. The van der Waals surface area contributed by atoms with Crippen molar-refractivity contribution in [1.82, 2.24) is 10.2 Å². The Morgan fingerprint density at radius 2 is 1.91 bits per heavy atom. The molecule has 2 nitrogen and oxygen atoms in total. The second-order valence-corrected chi connectivity index (χ2v) is 6.87. The number of nitrogens with zero attached hydrogens (tertiary/aromatic N) is 1. The van der Waals surface area contributed by atoms with E-state index in [2.05, 4.69) is 59.6 Å². The van der Waals surface area contributed by atoms with Crippen molar-refractivity contribution in [2.45, 2.75) is 45.1 Å². The molecule has 0 spiro atoms. The molecule has 0 bridgehead atoms. The van der Waals surface area contributed by atoms with Crippen molar-refractivity contribution in [3.63, 3.8) is 0 Å². The van der Waals surface area contributed by atoms with Crippen LogP contribution in [0.25, 0.3) is 10.8 Å². The first-order valence-corrected chi connectivity index (χ1v) is 9.26. The molecule has 1 unspecified atom stereocenters. The highest BCUT2D eigenvalue weighted by atomic mass is 15.2. The molecule has 1 saturated heterocycles. The lowest BCUT2D eigenvalue weighted by molar-refractivity contribution is 0.159. The van der Waals surface area contributed by atoms with Crippen molar-refractivity contribution >= 4 is 10.8 Å². The van der Waals surface area contributed by atoms with E-state index in [0.717, 1.165) is 25.6 Å². The van der Waals surface area contributed by atoms with Gasteiger partial charge in [-0.15, -0.1) is 0 Å². The zero-order chi connectivity index (χ0) is 15.9. The number of likely N-dealkylation sites (tertiary alicyclic amines) is 1. The fourth-order valence-corrected chi connectivity index (χ4v) is 3.76. The third-order valence-corrected chi connectivity index (χ3v) is 5.19. The molecule has 23 heavy (non-hydrogen) atoms. The molecular formula is C21H30N2. The van der Waals surface area contributed by atoms with E-state index in [4.69, 9.17) is 0 Å². The van der Waals surface area contributed by atoms with Crippen molar-refractivity contribution in [2.75, 3.05) is 26.2 Å². The minimum Gasteiger partial charge on any atom is -0.316 e. The van der Waals surface area contributed by atoms with Crippen LogP contribution >= 0.6 is 0 Å². The zero-order valence-electron chi connectivity index (χ0n) is 14.4. The van der Waals surface area contributed by atoms with E-state index < -0.39 is 0 Å². The monoisotopic (exact) mass is 310 g/mol. The van der Waals surface area contributed by atoms with Gasteiger partial charge >= 0.3 is 0 Å². The Balaban J connectivity index is 1.38. The molecule has 2 aromatic carbocycles. The van der Waals surface area contributed by atoms with Gasteiger partial charge in [-0.2, -0.15) is 0 Å². The van der Waals surface area contributed by atoms with E-state index >= 15 is 0 Å². The Morgan fingerprint density at radius 1 is 1.04 bits per heavy atom. The van der Waals surface area contributed by atoms with Crippen molar-refractivity contribution < 1.29 is 0 Å². The van der Waals surface area contributed by atoms with E-state index in [1.165, 1.54) is 55.1 Å². The van der Waals surface area contributed by atoms with Gasteiger partial charge in [-0.05, 0) is 75.1 Å². The van der Waals surface area contributed by atoms with E-state index in [9.17, 15) is 0 Å². The molecule has 1 aliphatic heterocycles. The zero-order valence-corrected chi connectivity index (χ0v) is 14.4. The topological polar surface area (TPSA) is 15.3 Å². The first-order chi connectivity index (χ1) is 11.3. The third kappa shape index (κ3) is 4.55. The number of hydrogen-bond acceptors (Lipinski definition) is 2. The van der Waals surface area contributed by atoms with E-state index in [-0.39, 0.29) is 0 Å². The van der Waals surface area contributed by atoms with Gasteiger partial charge in [0.1, 0.15) is 0 Å². The summed E-state index contributed by atoms with van der Waals surface area (Å²) >= 11 is 0. The molecule has 3 rings (SSSR count). The summed E-state index contributed by atoms with van der Waals surface area (Å²) in [6.07, 6.45) is 6.57. The Labute approximate surface area is 140 Å². The molecule has 2 heteroatoms. The van der Waals surface area contributed by atoms with Gasteiger partial charge in [0.2, 0.25) is 0 Å². The van der Waals surface area contributed by atoms with Crippen LogP contribution in [0.2, 0.25) is 0 Å². The molecular weight excluding hydrogens is 280 g/mol. The maximum absolute atomic E-state index is 3.63. The van der Waals surface area contributed by atoms with Gasteiger partial charge < -0.3 is 10.2 Å². The fourth-order valence-electron chi connectivity index (χ4n) is 3.76.